The van der Waals surface area contributed by atoms with E-state index < -0.39 is 11.6 Å². The average molecular weight is 355 g/mol. The molecule has 6 heteroatoms. The van der Waals surface area contributed by atoms with Gasteiger partial charge in [-0.1, -0.05) is 43.9 Å². The number of hydrogen-bond donors (Lipinski definition) is 1. The zero-order chi connectivity index (χ0) is 18.3. The van der Waals surface area contributed by atoms with Gasteiger partial charge in [-0.25, -0.2) is 4.79 Å². The van der Waals surface area contributed by atoms with Gasteiger partial charge in [0.1, 0.15) is 12.1 Å². The van der Waals surface area contributed by atoms with Crippen LogP contribution in [-0.4, -0.2) is 40.9 Å². The summed E-state index contributed by atoms with van der Waals surface area (Å²) in [5, 5.41) is 2.90. The lowest BCUT2D eigenvalue weighted by Gasteiger charge is -2.26. The van der Waals surface area contributed by atoms with Crippen molar-refractivity contribution in [1.29, 1.82) is 0 Å². The van der Waals surface area contributed by atoms with Gasteiger partial charge in [0.15, 0.2) is 0 Å². The predicted molar refractivity (Wildman–Crippen MR) is 97.8 cm³/mol. The number of carbonyl (C=O) groups is 3. The van der Waals surface area contributed by atoms with Gasteiger partial charge in [-0.3, -0.25) is 14.5 Å². The lowest BCUT2D eigenvalue weighted by Crippen LogP contribution is -2.48. The number of imide groups is 1. The standard InChI is InChI=1S/C20H25N3O3/c1-14-12-15-8-4-5-9-16(15)23(14)17(24)13-22-18(25)20(21-19(22)26)10-6-2-3-7-11-20/h4-5,8-9,14H,2-3,6-7,10-13H2,1H3,(H,21,26)/t14-/m1/s1. The fourth-order valence-corrected chi connectivity index (χ4v) is 4.65. The highest BCUT2D eigenvalue weighted by molar-refractivity contribution is 6.10. The maximum atomic E-state index is 13.0. The highest BCUT2D eigenvalue weighted by Gasteiger charge is 2.51. The van der Waals surface area contributed by atoms with Crippen LogP contribution in [0.4, 0.5) is 10.5 Å². The molecule has 138 valence electrons. The summed E-state index contributed by atoms with van der Waals surface area (Å²) in [4.78, 5) is 41.3. The summed E-state index contributed by atoms with van der Waals surface area (Å²) in [5.41, 5.74) is 1.23. The first-order valence-corrected chi connectivity index (χ1v) is 9.56. The van der Waals surface area contributed by atoms with E-state index in [-0.39, 0.29) is 24.4 Å². The number of rotatable bonds is 2. The molecule has 1 aliphatic carbocycles. The fraction of sp³-hybridized carbons (Fsp3) is 0.550. The third-order valence-corrected chi connectivity index (χ3v) is 5.97. The van der Waals surface area contributed by atoms with Crippen LogP contribution in [0.15, 0.2) is 24.3 Å². The molecule has 1 aromatic carbocycles. The van der Waals surface area contributed by atoms with Crippen LogP contribution in [-0.2, 0) is 16.0 Å². The van der Waals surface area contributed by atoms with Gasteiger partial charge in [0.05, 0.1) is 0 Å². The minimum Gasteiger partial charge on any atom is -0.323 e. The van der Waals surface area contributed by atoms with Crippen molar-refractivity contribution < 1.29 is 14.4 Å². The van der Waals surface area contributed by atoms with Crippen molar-refractivity contribution in [2.75, 3.05) is 11.4 Å². The molecule has 2 heterocycles. The molecule has 26 heavy (non-hydrogen) atoms. The molecule has 1 N–H and O–H groups in total. The normalized spacial score (nSPS) is 24.6. The minimum atomic E-state index is -0.789. The topological polar surface area (TPSA) is 69.7 Å². The summed E-state index contributed by atoms with van der Waals surface area (Å²) in [6.07, 6.45) is 6.19. The van der Waals surface area contributed by atoms with Gasteiger partial charge in [-0.15, -0.1) is 0 Å². The Morgan fingerprint density at radius 2 is 1.85 bits per heavy atom. The Morgan fingerprint density at radius 3 is 2.58 bits per heavy atom. The number of carbonyl (C=O) groups excluding carboxylic acids is 3. The van der Waals surface area contributed by atoms with Crippen molar-refractivity contribution >= 4 is 23.5 Å². The first-order valence-electron chi connectivity index (χ1n) is 9.56. The fourth-order valence-electron chi connectivity index (χ4n) is 4.65. The van der Waals surface area contributed by atoms with Gasteiger partial charge in [0.25, 0.3) is 5.91 Å². The Kier molecular flexibility index (Phi) is 4.21. The van der Waals surface area contributed by atoms with E-state index in [2.05, 4.69) is 5.32 Å². The van der Waals surface area contributed by atoms with E-state index in [0.29, 0.717) is 12.8 Å². The number of para-hydroxylation sites is 1. The Balaban J connectivity index is 1.53. The number of benzene rings is 1. The molecule has 1 aromatic rings. The second-order valence-corrected chi connectivity index (χ2v) is 7.76. The van der Waals surface area contributed by atoms with Crippen LogP contribution in [0.2, 0.25) is 0 Å². The molecule has 1 saturated heterocycles. The highest BCUT2D eigenvalue weighted by Crippen LogP contribution is 2.34. The SMILES string of the molecule is C[C@@H]1Cc2ccccc2N1C(=O)CN1C(=O)NC2(CCCCCC2)C1=O. The van der Waals surface area contributed by atoms with Gasteiger partial charge in [0.2, 0.25) is 5.91 Å². The van der Waals surface area contributed by atoms with Crippen LogP contribution >= 0.6 is 0 Å². The maximum absolute atomic E-state index is 13.0. The summed E-state index contributed by atoms with van der Waals surface area (Å²) in [5.74, 6) is -0.422. The molecule has 1 saturated carbocycles. The second kappa shape index (κ2) is 6.41. The van der Waals surface area contributed by atoms with E-state index in [1.54, 1.807) is 4.90 Å². The molecule has 4 rings (SSSR count). The smallest absolute Gasteiger partial charge is 0.323 e. The Morgan fingerprint density at radius 1 is 1.15 bits per heavy atom. The molecular formula is C20H25N3O3. The third-order valence-electron chi connectivity index (χ3n) is 5.97. The molecule has 0 radical (unpaired) electrons. The Hall–Kier alpha value is -2.37. The second-order valence-electron chi connectivity index (χ2n) is 7.76. The molecule has 1 spiro atoms. The van der Waals surface area contributed by atoms with Crippen molar-refractivity contribution in [2.24, 2.45) is 0 Å². The first-order chi connectivity index (χ1) is 12.5. The molecule has 4 amide bonds. The Bertz CT molecular complexity index is 752. The van der Waals surface area contributed by atoms with Crippen molar-refractivity contribution in [2.45, 2.75) is 63.5 Å². The summed E-state index contributed by atoms with van der Waals surface area (Å²) in [6, 6.07) is 7.43. The molecule has 2 fully saturated rings. The van der Waals surface area contributed by atoms with E-state index in [9.17, 15) is 14.4 Å². The minimum absolute atomic E-state index is 0.0347. The predicted octanol–water partition coefficient (Wildman–Crippen LogP) is 2.61. The number of amides is 4. The number of hydrogen-bond acceptors (Lipinski definition) is 3. The van der Waals surface area contributed by atoms with Crippen LogP contribution in [0.3, 0.4) is 0 Å². The van der Waals surface area contributed by atoms with Gasteiger partial charge in [-0.2, -0.15) is 0 Å². The van der Waals surface area contributed by atoms with Crippen molar-refractivity contribution in [3.05, 3.63) is 29.8 Å². The van der Waals surface area contributed by atoms with E-state index in [4.69, 9.17) is 0 Å². The summed E-state index contributed by atoms with van der Waals surface area (Å²) < 4.78 is 0. The number of urea groups is 1. The largest absolute Gasteiger partial charge is 0.325 e. The zero-order valence-corrected chi connectivity index (χ0v) is 15.2. The quantitative estimate of drug-likeness (QED) is 0.829. The van der Waals surface area contributed by atoms with Gasteiger partial charge >= 0.3 is 6.03 Å². The van der Waals surface area contributed by atoms with Crippen LogP contribution in [0.1, 0.15) is 51.0 Å². The summed E-state index contributed by atoms with van der Waals surface area (Å²) in [6.45, 7) is 1.81. The molecule has 6 nitrogen and oxygen atoms in total. The van der Waals surface area contributed by atoms with E-state index in [1.165, 1.54) is 0 Å². The molecule has 3 aliphatic rings. The van der Waals surface area contributed by atoms with Crippen molar-refractivity contribution in [3.63, 3.8) is 0 Å². The van der Waals surface area contributed by atoms with Gasteiger partial charge < -0.3 is 10.2 Å². The molecule has 1 atom stereocenters. The molecule has 0 unspecified atom stereocenters. The van der Waals surface area contributed by atoms with Crippen molar-refractivity contribution in [1.82, 2.24) is 10.2 Å². The maximum Gasteiger partial charge on any atom is 0.325 e. The lowest BCUT2D eigenvalue weighted by molar-refractivity contribution is -0.134. The molecule has 0 aromatic heterocycles. The van der Waals surface area contributed by atoms with Crippen LogP contribution in [0.5, 0.6) is 0 Å². The zero-order valence-electron chi connectivity index (χ0n) is 15.2. The number of nitrogens with one attached hydrogen (secondary N) is 1. The van der Waals surface area contributed by atoms with E-state index in [1.807, 2.05) is 31.2 Å². The molecular weight excluding hydrogens is 330 g/mol. The summed E-state index contributed by atoms with van der Waals surface area (Å²) in [7, 11) is 0. The lowest BCUT2D eigenvalue weighted by atomic mass is 9.90. The van der Waals surface area contributed by atoms with Crippen LogP contribution in [0.25, 0.3) is 0 Å². The highest BCUT2D eigenvalue weighted by atomic mass is 16.2. The van der Waals surface area contributed by atoms with E-state index >= 15 is 0 Å². The monoisotopic (exact) mass is 355 g/mol. The number of fused-ring (bicyclic) bond motifs is 1. The Labute approximate surface area is 153 Å². The number of nitrogens with zero attached hydrogens (tertiary/aromatic N) is 2. The molecule has 2 aliphatic heterocycles. The first kappa shape index (κ1) is 17.1. The van der Waals surface area contributed by atoms with Gasteiger partial charge in [-0.05, 0) is 37.8 Å². The van der Waals surface area contributed by atoms with E-state index in [0.717, 1.165) is 48.3 Å². The van der Waals surface area contributed by atoms with Gasteiger partial charge in [0, 0.05) is 11.7 Å². The molecule has 0 bridgehead atoms. The average Bonchev–Trinajstić information content (AvgIpc) is 2.93. The van der Waals surface area contributed by atoms with Crippen LogP contribution < -0.4 is 10.2 Å². The third kappa shape index (κ3) is 2.68. The van der Waals surface area contributed by atoms with Crippen LogP contribution in [0, 0.1) is 0 Å². The van der Waals surface area contributed by atoms with Crippen molar-refractivity contribution in [3.8, 4) is 0 Å². The number of anilines is 1. The summed E-state index contributed by atoms with van der Waals surface area (Å²) >= 11 is 0.